The molecule has 2 N–H and O–H groups in total. The number of benzene rings is 3. The summed E-state index contributed by atoms with van der Waals surface area (Å²) in [6, 6.07) is 27.7. The predicted molar refractivity (Wildman–Crippen MR) is 148 cm³/mol. The van der Waals surface area contributed by atoms with E-state index in [4.69, 9.17) is 0 Å². The second-order valence-corrected chi connectivity index (χ2v) is 9.10. The molecule has 1 aliphatic rings. The average Bonchev–Trinajstić information content (AvgIpc) is 2.92. The highest BCUT2D eigenvalue weighted by Gasteiger charge is 2.42. The van der Waals surface area contributed by atoms with Gasteiger partial charge < -0.3 is 10.4 Å². The number of anilines is 5. The third kappa shape index (κ3) is 4.49. The number of carbonyl (C=O) groups is 1. The van der Waals surface area contributed by atoms with Gasteiger partial charge in [0.25, 0.3) is 11.5 Å². The maximum Gasteiger partial charge on any atom is 0.267 e. The second kappa shape index (κ2) is 10.3. The Balaban J connectivity index is 1.73. The molecule has 2 heterocycles. The van der Waals surface area contributed by atoms with Gasteiger partial charge in [-0.15, -0.1) is 0 Å². The lowest BCUT2D eigenvalue weighted by atomic mass is 10.0. The molecule has 1 aliphatic heterocycles. The summed E-state index contributed by atoms with van der Waals surface area (Å²) in [4.78, 5) is 30.3. The van der Waals surface area contributed by atoms with Gasteiger partial charge in [0.05, 0.1) is 5.69 Å². The molecule has 37 heavy (non-hydrogen) atoms. The molecule has 7 heteroatoms. The SMILES string of the molecule is CCCCc1ccccc1Nc1cc(=O)n(C)c2c1C(=O)N(c1ccccc1)C(O)N2c1ccccc1. The first kappa shape index (κ1) is 24.3. The number of hydrogen-bond acceptors (Lipinski definition) is 5. The average molecular weight is 495 g/mol. The molecular weight excluding hydrogens is 464 g/mol. The van der Waals surface area contributed by atoms with Crippen LogP contribution in [0.25, 0.3) is 0 Å². The Morgan fingerprint density at radius 3 is 2.05 bits per heavy atom. The molecule has 1 aromatic heterocycles. The minimum Gasteiger partial charge on any atom is -0.356 e. The van der Waals surface area contributed by atoms with E-state index in [2.05, 4.69) is 18.3 Å². The number of nitrogens with zero attached hydrogens (tertiary/aromatic N) is 3. The summed E-state index contributed by atoms with van der Waals surface area (Å²) in [6.45, 7) is 2.15. The fourth-order valence-corrected chi connectivity index (χ4v) is 4.78. The van der Waals surface area contributed by atoms with Crippen LogP contribution in [0.3, 0.4) is 0 Å². The van der Waals surface area contributed by atoms with E-state index in [1.807, 2.05) is 66.7 Å². The van der Waals surface area contributed by atoms with Crippen molar-refractivity contribution >= 4 is 34.5 Å². The molecule has 0 saturated heterocycles. The Labute approximate surface area is 216 Å². The number of nitrogens with one attached hydrogen (secondary N) is 1. The first-order chi connectivity index (χ1) is 18.0. The minimum atomic E-state index is -1.36. The smallest absolute Gasteiger partial charge is 0.267 e. The van der Waals surface area contributed by atoms with Gasteiger partial charge in [-0.2, -0.15) is 0 Å². The highest BCUT2D eigenvalue weighted by Crippen LogP contribution is 2.41. The van der Waals surface area contributed by atoms with E-state index in [1.54, 1.807) is 24.1 Å². The fraction of sp³-hybridized carbons (Fsp3) is 0.200. The molecule has 7 nitrogen and oxygen atoms in total. The Hall–Kier alpha value is -4.36. The predicted octanol–water partition coefficient (Wildman–Crippen LogP) is 5.55. The van der Waals surface area contributed by atoms with Gasteiger partial charge in [-0.05, 0) is 48.7 Å². The van der Waals surface area contributed by atoms with Gasteiger partial charge >= 0.3 is 0 Å². The Morgan fingerprint density at radius 2 is 1.41 bits per heavy atom. The van der Waals surface area contributed by atoms with E-state index in [9.17, 15) is 14.7 Å². The number of aryl methyl sites for hydroxylation is 1. The summed E-state index contributed by atoms with van der Waals surface area (Å²) >= 11 is 0. The van der Waals surface area contributed by atoms with Crippen molar-refractivity contribution in [2.75, 3.05) is 15.1 Å². The van der Waals surface area contributed by atoms with E-state index in [0.29, 0.717) is 28.4 Å². The van der Waals surface area contributed by atoms with Gasteiger partial charge in [0.1, 0.15) is 11.4 Å². The van der Waals surface area contributed by atoms with Crippen LogP contribution in [0.4, 0.5) is 28.6 Å². The first-order valence-corrected chi connectivity index (χ1v) is 12.5. The molecule has 188 valence electrons. The molecule has 1 amide bonds. The van der Waals surface area contributed by atoms with E-state index in [1.165, 1.54) is 15.5 Å². The van der Waals surface area contributed by atoms with E-state index in [-0.39, 0.29) is 5.56 Å². The van der Waals surface area contributed by atoms with Crippen molar-refractivity contribution in [3.05, 3.63) is 112 Å². The third-order valence-electron chi connectivity index (χ3n) is 6.69. The molecule has 5 rings (SSSR count). The molecule has 0 bridgehead atoms. The summed E-state index contributed by atoms with van der Waals surface area (Å²) < 4.78 is 1.42. The van der Waals surface area contributed by atoms with Crippen molar-refractivity contribution in [2.45, 2.75) is 32.5 Å². The highest BCUT2D eigenvalue weighted by molar-refractivity contribution is 6.16. The zero-order valence-corrected chi connectivity index (χ0v) is 21.0. The summed E-state index contributed by atoms with van der Waals surface area (Å²) in [6.07, 6.45) is 1.61. The number of rotatable bonds is 7. The first-order valence-electron chi connectivity index (χ1n) is 12.5. The number of unbranched alkanes of at least 4 members (excludes halogenated alkanes) is 1. The maximum absolute atomic E-state index is 14.1. The van der Waals surface area contributed by atoms with E-state index in [0.717, 1.165) is 30.5 Å². The van der Waals surface area contributed by atoms with Gasteiger partial charge in [-0.3, -0.25) is 24.0 Å². The van der Waals surface area contributed by atoms with Crippen molar-refractivity contribution in [2.24, 2.45) is 7.05 Å². The van der Waals surface area contributed by atoms with Crippen LogP contribution < -0.4 is 20.7 Å². The molecule has 0 radical (unpaired) electrons. The number of fused-ring (bicyclic) bond motifs is 1. The normalized spacial score (nSPS) is 15.0. The molecule has 4 aromatic rings. The third-order valence-corrected chi connectivity index (χ3v) is 6.69. The van der Waals surface area contributed by atoms with Crippen LogP contribution in [0.15, 0.2) is 95.8 Å². The van der Waals surface area contributed by atoms with Gasteiger partial charge in [0.15, 0.2) is 0 Å². The lowest BCUT2D eigenvalue weighted by Crippen LogP contribution is -2.55. The molecule has 0 aliphatic carbocycles. The zero-order chi connectivity index (χ0) is 25.9. The number of para-hydroxylation sites is 3. The van der Waals surface area contributed by atoms with Crippen molar-refractivity contribution < 1.29 is 9.90 Å². The number of aliphatic hydroxyl groups is 1. The summed E-state index contributed by atoms with van der Waals surface area (Å²) in [5.41, 5.74) is 3.59. The van der Waals surface area contributed by atoms with Gasteiger partial charge in [-0.1, -0.05) is 67.9 Å². The van der Waals surface area contributed by atoms with Crippen LogP contribution in [-0.4, -0.2) is 21.9 Å². The van der Waals surface area contributed by atoms with Crippen LogP contribution in [0.1, 0.15) is 35.7 Å². The summed E-state index contributed by atoms with van der Waals surface area (Å²) in [7, 11) is 1.62. The van der Waals surface area contributed by atoms with Crippen LogP contribution in [0.2, 0.25) is 0 Å². The quantitative estimate of drug-likeness (QED) is 0.352. The van der Waals surface area contributed by atoms with Crippen molar-refractivity contribution in [1.82, 2.24) is 4.57 Å². The molecular formula is C30H30N4O3. The molecule has 0 saturated carbocycles. The van der Waals surface area contributed by atoms with Crippen molar-refractivity contribution in [3.8, 4) is 0 Å². The van der Waals surface area contributed by atoms with Gasteiger partial charge in [0, 0.05) is 30.2 Å². The number of aromatic nitrogens is 1. The zero-order valence-electron chi connectivity index (χ0n) is 21.0. The minimum absolute atomic E-state index is 0.290. The van der Waals surface area contributed by atoms with Gasteiger partial charge in [-0.25, -0.2) is 0 Å². The maximum atomic E-state index is 14.1. The molecule has 0 spiro atoms. The molecule has 1 atom stereocenters. The monoisotopic (exact) mass is 494 g/mol. The van der Waals surface area contributed by atoms with E-state index < -0.39 is 12.3 Å². The van der Waals surface area contributed by atoms with E-state index >= 15 is 0 Å². The number of amides is 1. The lowest BCUT2D eigenvalue weighted by molar-refractivity contribution is 0.0872. The van der Waals surface area contributed by atoms with Crippen LogP contribution in [0, 0.1) is 0 Å². The van der Waals surface area contributed by atoms with Crippen molar-refractivity contribution in [1.29, 1.82) is 0 Å². The molecule has 0 fully saturated rings. The highest BCUT2D eigenvalue weighted by atomic mass is 16.3. The summed E-state index contributed by atoms with van der Waals surface area (Å²) in [5.74, 6) is -0.0676. The van der Waals surface area contributed by atoms with Crippen molar-refractivity contribution in [3.63, 3.8) is 0 Å². The number of hydrogen-bond donors (Lipinski definition) is 2. The number of pyridine rings is 1. The fourth-order valence-electron chi connectivity index (χ4n) is 4.78. The Morgan fingerprint density at radius 1 is 0.811 bits per heavy atom. The van der Waals surface area contributed by atoms with Gasteiger partial charge in [0.2, 0.25) is 6.35 Å². The molecule has 3 aromatic carbocycles. The summed E-state index contributed by atoms with van der Waals surface area (Å²) in [5, 5.41) is 15.0. The number of carbonyl (C=O) groups excluding carboxylic acids is 1. The lowest BCUT2D eigenvalue weighted by Gasteiger charge is -2.43. The Bertz CT molecular complexity index is 1470. The molecule has 1 unspecified atom stereocenters. The van der Waals surface area contributed by atoms with Crippen LogP contribution in [0.5, 0.6) is 0 Å². The number of aliphatic hydroxyl groups excluding tert-OH is 1. The van der Waals surface area contributed by atoms with Crippen LogP contribution >= 0.6 is 0 Å². The largest absolute Gasteiger partial charge is 0.356 e. The second-order valence-electron chi connectivity index (χ2n) is 9.10. The Kier molecular flexibility index (Phi) is 6.79. The topological polar surface area (TPSA) is 77.8 Å². The van der Waals surface area contributed by atoms with Crippen LogP contribution in [-0.2, 0) is 13.5 Å². The standard InChI is InChI=1S/C30H30N4O3/c1-3-4-13-21-14-11-12-19-24(21)31-25-20-26(35)32(2)28-27(25)29(36)34(23-17-9-6-10-18-23)30(37)33(28)22-15-7-5-8-16-22/h5-12,14-20,30-31,37H,3-4,13H2,1-2H3.